The molecule has 0 spiro atoms. The Morgan fingerprint density at radius 3 is 2.36 bits per heavy atom. The lowest BCUT2D eigenvalue weighted by molar-refractivity contribution is -0.277. The number of benzene rings is 2. The average molecular weight is 621 g/mol. The standard InChI is InChI=1S/C30H36O14/c1-13(12-41-14(2)32)5-6-15-9-16(7-8-17(15)39-3)28-26(37)23(34)21-18(42-28)10-19(29(40-4)24(21)35)43-30-27(38)25(36)22(33)20(11-31)44-30/h7-10,13,20,22,25,27,30-31,33,35-38H,5-6,11-12H2,1-4H3/t13-,20-,22-,25+,27-,30+/m1/s1. The summed E-state index contributed by atoms with van der Waals surface area (Å²) in [5.74, 6) is -2.17. The van der Waals surface area contributed by atoms with Crippen LogP contribution in [0.15, 0.2) is 33.5 Å². The highest BCUT2D eigenvalue weighted by Gasteiger charge is 2.45. The predicted octanol–water partition coefficient (Wildman–Crippen LogP) is 1.20. The van der Waals surface area contributed by atoms with Crippen molar-refractivity contribution in [3.8, 4) is 40.1 Å². The molecule has 1 aliphatic rings. The molecular formula is C30H36O14. The molecule has 1 aromatic heterocycles. The van der Waals surface area contributed by atoms with Gasteiger partial charge >= 0.3 is 5.97 Å². The molecule has 44 heavy (non-hydrogen) atoms. The third-order valence-corrected chi connectivity index (χ3v) is 7.37. The van der Waals surface area contributed by atoms with Crippen LogP contribution in [-0.4, -0.2) is 94.7 Å². The number of aliphatic hydroxyl groups is 4. The van der Waals surface area contributed by atoms with E-state index in [9.17, 15) is 40.2 Å². The van der Waals surface area contributed by atoms with Crippen molar-refractivity contribution in [2.45, 2.75) is 57.4 Å². The van der Waals surface area contributed by atoms with E-state index in [0.29, 0.717) is 24.2 Å². The topological polar surface area (TPSA) is 215 Å². The maximum atomic E-state index is 13.3. The number of phenolic OH excluding ortho intramolecular Hbond substituents is 1. The zero-order valence-corrected chi connectivity index (χ0v) is 24.6. The van der Waals surface area contributed by atoms with E-state index in [4.69, 9.17) is 28.1 Å². The van der Waals surface area contributed by atoms with Crippen LogP contribution in [-0.2, 0) is 20.7 Å². The van der Waals surface area contributed by atoms with Gasteiger partial charge in [-0.2, -0.15) is 0 Å². The number of rotatable bonds is 11. The van der Waals surface area contributed by atoms with E-state index in [1.165, 1.54) is 27.2 Å². The number of ether oxygens (including phenoxy) is 5. The summed E-state index contributed by atoms with van der Waals surface area (Å²) >= 11 is 0. The van der Waals surface area contributed by atoms with Gasteiger partial charge in [0.05, 0.1) is 27.4 Å². The molecule has 0 unspecified atom stereocenters. The minimum atomic E-state index is -1.77. The summed E-state index contributed by atoms with van der Waals surface area (Å²) in [6, 6.07) is 6.06. The second kappa shape index (κ2) is 13.7. The van der Waals surface area contributed by atoms with Gasteiger partial charge < -0.3 is 58.7 Å². The van der Waals surface area contributed by atoms with E-state index in [1.807, 2.05) is 6.92 Å². The molecule has 3 aromatic rings. The summed E-state index contributed by atoms with van der Waals surface area (Å²) in [6.45, 7) is 2.82. The molecule has 6 N–H and O–H groups in total. The normalized spacial score (nSPS) is 22.4. The molecule has 0 aliphatic carbocycles. The molecule has 14 nitrogen and oxygen atoms in total. The Bertz CT molecular complexity index is 1550. The maximum absolute atomic E-state index is 13.3. The first kappa shape index (κ1) is 32.8. The zero-order chi connectivity index (χ0) is 32.3. The van der Waals surface area contributed by atoms with E-state index in [1.54, 1.807) is 18.2 Å². The molecule has 0 amide bonds. The van der Waals surface area contributed by atoms with E-state index in [-0.39, 0.29) is 41.3 Å². The summed E-state index contributed by atoms with van der Waals surface area (Å²) in [7, 11) is 2.67. The van der Waals surface area contributed by atoms with Crippen LogP contribution in [0.2, 0.25) is 0 Å². The highest BCUT2D eigenvalue weighted by molar-refractivity contribution is 5.91. The monoisotopic (exact) mass is 620 g/mol. The van der Waals surface area contributed by atoms with Crippen molar-refractivity contribution in [2.75, 3.05) is 27.4 Å². The van der Waals surface area contributed by atoms with Crippen LogP contribution in [0.3, 0.4) is 0 Å². The Morgan fingerprint density at radius 2 is 1.73 bits per heavy atom. The molecule has 6 atom stereocenters. The van der Waals surface area contributed by atoms with Crippen LogP contribution in [0.25, 0.3) is 22.3 Å². The Morgan fingerprint density at radius 1 is 1.00 bits per heavy atom. The van der Waals surface area contributed by atoms with Gasteiger partial charge in [-0.25, -0.2) is 0 Å². The number of methoxy groups -OCH3 is 2. The number of esters is 1. The summed E-state index contributed by atoms with van der Waals surface area (Å²) in [4.78, 5) is 24.4. The first-order valence-electron chi connectivity index (χ1n) is 13.8. The Balaban J connectivity index is 1.74. The number of aryl methyl sites for hydroxylation is 1. The fraction of sp³-hybridized carbons (Fsp3) is 0.467. The van der Waals surface area contributed by atoms with Gasteiger partial charge in [0.25, 0.3) is 0 Å². The minimum Gasteiger partial charge on any atom is -0.504 e. The third-order valence-electron chi connectivity index (χ3n) is 7.37. The molecule has 0 saturated carbocycles. The quantitative estimate of drug-likeness (QED) is 0.166. The van der Waals surface area contributed by atoms with Crippen molar-refractivity contribution in [3.05, 3.63) is 40.1 Å². The predicted molar refractivity (Wildman–Crippen MR) is 153 cm³/mol. The van der Waals surface area contributed by atoms with Crippen LogP contribution in [0, 0.1) is 5.92 Å². The Kier molecular flexibility index (Phi) is 10.2. The fourth-order valence-electron chi connectivity index (χ4n) is 4.91. The second-order valence-corrected chi connectivity index (χ2v) is 10.5. The Hall–Kier alpha value is -4.08. The smallest absolute Gasteiger partial charge is 0.302 e. The van der Waals surface area contributed by atoms with Gasteiger partial charge in [-0.15, -0.1) is 0 Å². The summed E-state index contributed by atoms with van der Waals surface area (Å²) in [6.07, 6.45) is -6.90. The lowest BCUT2D eigenvalue weighted by atomic mass is 9.98. The number of carbonyl (C=O) groups is 1. The molecule has 240 valence electrons. The zero-order valence-electron chi connectivity index (χ0n) is 24.6. The molecule has 14 heteroatoms. The van der Waals surface area contributed by atoms with Crippen molar-refractivity contribution in [3.63, 3.8) is 0 Å². The van der Waals surface area contributed by atoms with Gasteiger partial charge in [0.1, 0.15) is 41.1 Å². The highest BCUT2D eigenvalue weighted by Crippen LogP contribution is 2.45. The first-order chi connectivity index (χ1) is 20.9. The van der Waals surface area contributed by atoms with Gasteiger partial charge in [0.2, 0.25) is 23.2 Å². The van der Waals surface area contributed by atoms with E-state index in [0.717, 1.165) is 5.56 Å². The molecule has 2 aromatic carbocycles. The van der Waals surface area contributed by atoms with Crippen molar-refractivity contribution >= 4 is 16.9 Å². The van der Waals surface area contributed by atoms with E-state index < -0.39 is 59.6 Å². The van der Waals surface area contributed by atoms with E-state index >= 15 is 0 Å². The maximum Gasteiger partial charge on any atom is 0.302 e. The van der Waals surface area contributed by atoms with Crippen molar-refractivity contribution < 1.29 is 63.5 Å². The largest absolute Gasteiger partial charge is 0.504 e. The molecule has 2 heterocycles. The van der Waals surface area contributed by atoms with Gasteiger partial charge in [-0.1, -0.05) is 6.92 Å². The van der Waals surface area contributed by atoms with Gasteiger partial charge in [-0.05, 0) is 42.5 Å². The van der Waals surface area contributed by atoms with Crippen molar-refractivity contribution in [1.82, 2.24) is 0 Å². The number of phenols is 1. The van der Waals surface area contributed by atoms with Gasteiger partial charge in [0.15, 0.2) is 17.3 Å². The molecule has 1 aliphatic heterocycles. The highest BCUT2D eigenvalue weighted by atomic mass is 16.7. The van der Waals surface area contributed by atoms with Crippen molar-refractivity contribution in [1.29, 1.82) is 0 Å². The SMILES string of the molecule is COc1ccc(-c2oc3cc(O[C@H]4O[C@H](CO)[C@@H](O)[C@H](O)[C@H]4O)c(OC)c(O)c3c(=O)c2O)cc1CC[C@@H](C)COC(C)=O. The number of carbonyl (C=O) groups excluding carboxylic acids is 1. The van der Waals surface area contributed by atoms with Crippen molar-refractivity contribution in [2.24, 2.45) is 5.92 Å². The van der Waals surface area contributed by atoms with Gasteiger partial charge in [-0.3, -0.25) is 9.59 Å². The summed E-state index contributed by atoms with van der Waals surface area (Å²) in [5, 5.41) is 61.5. The molecule has 1 fully saturated rings. The number of aromatic hydroxyl groups is 2. The van der Waals surface area contributed by atoms with Gasteiger partial charge in [0, 0.05) is 18.6 Å². The third kappa shape index (κ3) is 6.54. The summed E-state index contributed by atoms with van der Waals surface area (Å²) < 4.78 is 32.7. The first-order valence-corrected chi connectivity index (χ1v) is 13.8. The van der Waals surface area contributed by atoms with Crippen LogP contribution in [0.1, 0.15) is 25.8 Å². The van der Waals surface area contributed by atoms with Crippen LogP contribution in [0.4, 0.5) is 0 Å². The van der Waals surface area contributed by atoms with Crippen LogP contribution >= 0.6 is 0 Å². The minimum absolute atomic E-state index is 0.0411. The number of fused-ring (bicyclic) bond motifs is 1. The Labute approximate surface area is 251 Å². The number of hydrogen-bond donors (Lipinski definition) is 6. The average Bonchev–Trinajstić information content (AvgIpc) is 3.00. The lowest BCUT2D eigenvalue weighted by Gasteiger charge is -2.39. The molecule has 1 saturated heterocycles. The summed E-state index contributed by atoms with van der Waals surface area (Å²) in [5.41, 5.74) is -0.153. The molecular weight excluding hydrogens is 584 g/mol. The van der Waals surface area contributed by atoms with Crippen LogP contribution in [0.5, 0.6) is 28.7 Å². The van der Waals surface area contributed by atoms with Crippen LogP contribution < -0.4 is 19.6 Å². The molecule has 0 bridgehead atoms. The fourth-order valence-corrected chi connectivity index (χ4v) is 4.91. The van der Waals surface area contributed by atoms with E-state index in [2.05, 4.69) is 0 Å². The lowest BCUT2D eigenvalue weighted by Crippen LogP contribution is -2.60. The second-order valence-electron chi connectivity index (χ2n) is 10.5. The number of aliphatic hydroxyl groups excluding tert-OH is 4. The molecule has 4 rings (SSSR count). The molecule has 0 radical (unpaired) electrons. The number of hydrogen-bond acceptors (Lipinski definition) is 14.